The lowest BCUT2D eigenvalue weighted by atomic mass is 9.90. The summed E-state index contributed by atoms with van der Waals surface area (Å²) in [7, 11) is 0. The predicted molar refractivity (Wildman–Crippen MR) is 75.6 cm³/mol. The van der Waals surface area contributed by atoms with Gasteiger partial charge in [0.1, 0.15) is 0 Å². The minimum Gasteiger partial charge on any atom is -0.192 e. The van der Waals surface area contributed by atoms with Crippen LogP contribution >= 0.6 is 27.5 Å². The van der Waals surface area contributed by atoms with Gasteiger partial charge in [0, 0.05) is 21.0 Å². The average Bonchev–Trinajstić information content (AvgIpc) is 2.61. The minimum atomic E-state index is 0.483. The van der Waals surface area contributed by atoms with E-state index in [1.807, 2.05) is 6.07 Å². The van der Waals surface area contributed by atoms with E-state index in [0.717, 1.165) is 5.52 Å². The Labute approximate surface area is 109 Å². The summed E-state index contributed by atoms with van der Waals surface area (Å²) >= 11 is 5.38. The minimum absolute atomic E-state index is 0.483. The van der Waals surface area contributed by atoms with Crippen molar-refractivity contribution < 1.29 is 0 Å². The van der Waals surface area contributed by atoms with E-state index in [2.05, 4.69) is 59.3 Å². The molecule has 0 bridgehead atoms. The fraction of sp³-hybridized carbons (Fsp3) is 0.462. The van der Waals surface area contributed by atoms with Crippen LogP contribution in [0.5, 0.6) is 0 Å². The third-order valence-electron chi connectivity index (χ3n) is 2.93. The van der Waals surface area contributed by atoms with Gasteiger partial charge in [-0.3, -0.25) is 0 Å². The van der Waals surface area contributed by atoms with Gasteiger partial charge in [0.15, 0.2) is 0 Å². The molecule has 86 valence electrons. The maximum absolute atomic E-state index is 4.53. The quantitative estimate of drug-likeness (QED) is 0.740. The molecule has 2 rings (SSSR count). The second-order valence-electron chi connectivity index (χ2n) is 4.51. The molecule has 2 aromatic rings. The largest absolute Gasteiger partial charge is 0.192 e. The topological polar surface area (TPSA) is 12.9 Å². The Bertz CT molecular complexity index is 467. The van der Waals surface area contributed by atoms with Gasteiger partial charge in [0.2, 0.25) is 0 Å². The van der Waals surface area contributed by atoms with Gasteiger partial charge in [-0.05, 0) is 23.5 Å². The maximum atomic E-state index is 4.53. The van der Waals surface area contributed by atoms with Crippen molar-refractivity contribution in [2.24, 2.45) is 5.92 Å². The van der Waals surface area contributed by atoms with E-state index in [4.69, 9.17) is 0 Å². The van der Waals surface area contributed by atoms with Crippen molar-refractivity contribution >= 4 is 38.4 Å². The Kier molecular flexibility index (Phi) is 3.65. The number of nitrogens with zero attached hydrogens (tertiary/aromatic N) is 1. The van der Waals surface area contributed by atoms with Crippen molar-refractivity contribution in [3.63, 3.8) is 0 Å². The van der Waals surface area contributed by atoms with Gasteiger partial charge in [-0.15, -0.1) is 0 Å². The Morgan fingerprint density at radius 2 is 1.88 bits per heavy atom. The van der Waals surface area contributed by atoms with Gasteiger partial charge in [0.05, 0.1) is 5.52 Å². The first kappa shape index (κ1) is 12.1. The van der Waals surface area contributed by atoms with Crippen LogP contribution in [-0.4, -0.2) is 9.20 Å². The van der Waals surface area contributed by atoms with Crippen LogP contribution in [0.15, 0.2) is 24.3 Å². The van der Waals surface area contributed by atoms with E-state index in [9.17, 15) is 0 Å². The molecule has 0 fully saturated rings. The molecule has 0 radical (unpaired) electrons. The molecule has 0 amide bonds. The maximum Gasteiger partial charge on any atom is 0.0843 e. The number of fused-ring (bicyclic) bond motifs is 1. The fourth-order valence-electron chi connectivity index (χ4n) is 2.19. The highest BCUT2D eigenvalue weighted by molar-refractivity contribution is 9.09. The van der Waals surface area contributed by atoms with Crippen LogP contribution in [0.1, 0.15) is 31.6 Å². The molecular weight excluding hydrogens is 282 g/mol. The number of aromatic nitrogens is 1. The van der Waals surface area contributed by atoms with Gasteiger partial charge in [-0.2, -0.15) is 4.37 Å². The lowest BCUT2D eigenvalue weighted by molar-refractivity contribution is 0.508. The monoisotopic (exact) mass is 297 g/mol. The summed E-state index contributed by atoms with van der Waals surface area (Å²) in [5.74, 6) is 1.16. The Morgan fingerprint density at radius 1 is 1.19 bits per heavy atom. The summed E-state index contributed by atoms with van der Waals surface area (Å²) in [6, 6.07) is 8.41. The molecule has 0 aliphatic rings. The number of hydrogen-bond donors (Lipinski definition) is 0. The van der Waals surface area contributed by atoms with Crippen LogP contribution in [0, 0.1) is 5.92 Å². The molecule has 1 nitrogen and oxygen atoms in total. The van der Waals surface area contributed by atoms with Crippen LogP contribution < -0.4 is 0 Å². The lowest BCUT2D eigenvalue weighted by Gasteiger charge is -2.22. The molecule has 0 aliphatic heterocycles. The second-order valence-corrected chi connectivity index (χ2v) is 6.76. The number of benzene rings is 1. The second kappa shape index (κ2) is 4.84. The summed E-state index contributed by atoms with van der Waals surface area (Å²) in [6.45, 7) is 6.77. The van der Waals surface area contributed by atoms with E-state index in [-0.39, 0.29) is 0 Å². The van der Waals surface area contributed by atoms with Gasteiger partial charge in [-0.1, -0.05) is 54.9 Å². The first-order chi connectivity index (χ1) is 7.61. The van der Waals surface area contributed by atoms with Crippen LogP contribution in [-0.2, 0) is 0 Å². The van der Waals surface area contributed by atoms with Gasteiger partial charge in [-0.25, -0.2) is 0 Å². The molecule has 16 heavy (non-hydrogen) atoms. The zero-order valence-corrected chi connectivity index (χ0v) is 12.2. The highest BCUT2D eigenvalue weighted by Crippen LogP contribution is 2.38. The first-order valence-corrected chi connectivity index (χ1v) is 7.28. The summed E-state index contributed by atoms with van der Waals surface area (Å²) in [5, 5.41) is 1.32. The molecule has 2 atom stereocenters. The predicted octanol–water partition coefficient (Wildman–Crippen LogP) is 4.82. The Balaban J connectivity index is 2.53. The smallest absolute Gasteiger partial charge is 0.0843 e. The molecule has 3 heteroatoms. The summed E-state index contributed by atoms with van der Waals surface area (Å²) in [6.07, 6.45) is 0. The molecule has 0 saturated heterocycles. The van der Waals surface area contributed by atoms with Crippen molar-refractivity contribution in [1.82, 2.24) is 4.37 Å². The van der Waals surface area contributed by atoms with Crippen LogP contribution in [0.25, 0.3) is 10.9 Å². The molecule has 0 aliphatic carbocycles. The SMILES string of the molecule is CC(C)C(c1snc2ccccc12)C(C)Br. The van der Waals surface area contributed by atoms with Gasteiger partial charge in [0.25, 0.3) is 0 Å². The number of hydrogen-bond acceptors (Lipinski definition) is 2. The van der Waals surface area contributed by atoms with E-state index >= 15 is 0 Å². The van der Waals surface area contributed by atoms with Crippen LogP contribution in [0.4, 0.5) is 0 Å². The zero-order chi connectivity index (χ0) is 11.7. The lowest BCUT2D eigenvalue weighted by Crippen LogP contribution is -2.14. The highest BCUT2D eigenvalue weighted by atomic mass is 79.9. The third-order valence-corrected chi connectivity index (χ3v) is 4.47. The van der Waals surface area contributed by atoms with Crippen molar-refractivity contribution in [1.29, 1.82) is 0 Å². The zero-order valence-electron chi connectivity index (χ0n) is 9.77. The van der Waals surface area contributed by atoms with E-state index in [1.54, 1.807) is 11.5 Å². The highest BCUT2D eigenvalue weighted by Gasteiger charge is 2.24. The Morgan fingerprint density at radius 3 is 2.50 bits per heavy atom. The molecule has 0 N–H and O–H groups in total. The summed E-state index contributed by atoms with van der Waals surface area (Å²) in [4.78, 5) is 1.89. The normalized spacial score (nSPS) is 15.6. The van der Waals surface area contributed by atoms with Crippen LogP contribution in [0.2, 0.25) is 0 Å². The summed E-state index contributed by atoms with van der Waals surface area (Å²) in [5.41, 5.74) is 1.13. The van der Waals surface area contributed by atoms with E-state index < -0.39 is 0 Å². The molecule has 1 aromatic heterocycles. The van der Waals surface area contributed by atoms with Gasteiger partial charge >= 0.3 is 0 Å². The van der Waals surface area contributed by atoms with Crippen molar-refractivity contribution in [3.8, 4) is 0 Å². The first-order valence-electron chi connectivity index (χ1n) is 5.59. The van der Waals surface area contributed by atoms with E-state index in [1.165, 1.54) is 10.3 Å². The van der Waals surface area contributed by atoms with Crippen molar-refractivity contribution in [2.45, 2.75) is 31.5 Å². The summed E-state index contributed by atoms with van der Waals surface area (Å²) < 4.78 is 4.53. The standard InChI is InChI=1S/C13H16BrNS/c1-8(2)12(9(3)14)13-10-6-4-5-7-11(10)15-16-13/h4-9,12H,1-3H3. The molecule has 1 aromatic carbocycles. The van der Waals surface area contributed by atoms with Crippen molar-refractivity contribution in [2.75, 3.05) is 0 Å². The molecular formula is C13H16BrNS. The van der Waals surface area contributed by atoms with E-state index in [0.29, 0.717) is 16.7 Å². The number of rotatable bonds is 3. The molecule has 0 saturated carbocycles. The fourth-order valence-corrected chi connectivity index (χ4v) is 4.47. The average molecular weight is 298 g/mol. The number of alkyl halides is 1. The van der Waals surface area contributed by atoms with Crippen molar-refractivity contribution in [3.05, 3.63) is 29.1 Å². The molecule has 0 spiro atoms. The number of halogens is 1. The van der Waals surface area contributed by atoms with Gasteiger partial charge < -0.3 is 0 Å². The third kappa shape index (κ3) is 2.16. The molecule has 1 heterocycles. The Hall–Kier alpha value is -0.410. The van der Waals surface area contributed by atoms with Crippen LogP contribution in [0.3, 0.4) is 0 Å². The molecule has 2 unspecified atom stereocenters.